The average Bonchev–Trinajstić information content (AvgIpc) is 1.60. The first-order valence-electron chi connectivity index (χ1n) is 3.33. The van der Waals surface area contributed by atoms with E-state index in [1.165, 1.54) is 0 Å². The highest BCUT2D eigenvalue weighted by atomic mass is 35.5. The monoisotopic (exact) mass is 181 g/mol. The van der Waals surface area contributed by atoms with Gasteiger partial charge in [0.2, 0.25) is 0 Å². The third kappa shape index (κ3) is 7.62. The van der Waals surface area contributed by atoms with Crippen molar-refractivity contribution in [2.24, 2.45) is 0 Å². The van der Waals surface area contributed by atoms with E-state index in [1.54, 1.807) is 6.92 Å². The summed E-state index contributed by atoms with van der Waals surface area (Å²) in [6.07, 6.45) is 0. The lowest BCUT2D eigenvalue weighted by Gasteiger charge is -2.23. The van der Waals surface area contributed by atoms with Crippen LogP contribution in [-0.4, -0.2) is 22.7 Å². The van der Waals surface area contributed by atoms with Gasteiger partial charge in [0.25, 0.3) is 0 Å². The zero-order valence-corrected chi connectivity index (χ0v) is 8.16. The van der Waals surface area contributed by atoms with Crippen molar-refractivity contribution in [1.82, 2.24) is 5.32 Å². The number of nitrogens with one attached hydrogen (secondary N) is 1. The summed E-state index contributed by atoms with van der Waals surface area (Å²) in [5.74, 6) is -0.810. The highest BCUT2D eigenvalue weighted by Gasteiger charge is 2.17. The number of hydrogen-bond donors (Lipinski definition) is 2. The van der Waals surface area contributed by atoms with E-state index in [2.05, 4.69) is 5.32 Å². The standard InChI is InChI=1S/C7H15NO2.ClH/c1-5(6(9)10)8-7(2,3)4;/h5,8H,1-4H3,(H,9,10);1H. The summed E-state index contributed by atoms with van der Waals surface area (Å²) in [5, 5.41) is 11.4. The number of aliphatic carboxylic acids is 1. The number of carbonyl (C=O) groups is 1. The van der Waals surface area contributed by atoms with Crippen molar-refractivity contribution in [2.75, 3.05) is 0 Å². The molecule has 0 radical (unpaired) electrons. The summed E-state index contributed by atoms with van der Waals surface area (Å²) in [4.78, 5) is 10.3. The van der Waals surface area contributed by atoms with Gasteiger partial charge in [0.1, 0.15) is 6.04 Å². The molecule has 2 N–H and O–H groups in total. The summed E-state index contributed by atoms with van der Waals surface area (Å²) in [6.45, 7) is 7.44. The maximum Gasteiger partial charge on any atom is 0.320 e. The topological polar surface area (TPSA) is 49.3 Å². The molecule has 3 nitrogen and oxygen atoms in total. The van der Waals surface area contributed by atoms with Gasteiger partial charge in [0.05, 0.1) is 0 Å². The summed E-state index contributed by atoms with van der Waals surface area (Å²) >= 11 is 0. The van der Waals surface area contributed by atoms with Gasteiger partial charge in [-0.1, -0.05) is 0 Å². The Hall–Kier alpha value is -0.280. The van der Waals surface area contributed by atoms with Crippen molar-refractivity contribution in [3.05, 3.63) is 0 Å². The quantitative estimate of drug-likeness (QED) is 0.675. The van der Waals surface area contributed by atoms with E-state index in [4.69, 9.17) is 5.11 Å². The van der Waals surface area contributed by atoms with Crippen LogP contribution in [0.1, 0.15) is 27.7 Å². The lowest BCUT2D eigenvalue weighted by Crippen LogP contribution is -2.45. The first-order chi connectivity index (χ1) is 4.33. The number of carboxylic acid groups (broad SMARTS) is 1. The molecule has 0 aromatic carbocycles. The van der Waals surface area contributed by atoms with Crippen molar-refractivity contribution in [2.45, 2.75) is 39.3 Å². The van der Waals surface area contributed by atoms with Gasteiger partial charge in [-0.15, -0.1) is 12.4 Å². The smallest absolute Gasteiger partial charge is 0.320 e. The molecular weight excluding hydrogens is 166 g/mol. The minimum Gasteiger partial charge on any atom is -0.480 e. The van der Waals surface area contributed by atoms with Crippen molar-refractivity contribution in [3.8, 4) is 0 Å². The van der Waals surface area contributed by atoms with Gasteiger partial charge >= 0.3 is 5.97 Å². The second-order valence-corrected chi connectivity index (χ2v) is 3.45. The number of carboxylic acids is 1. The average molecular weight is 182 g/mol. The molecule has 0 spiro atoms. The molecule has 0 aromatic rings. The highest BCUT2D eigenvalue weighted by molar-refractivity contribution is 5.85. The minimum absolute atomic E-state index is 0. The maximum absolute atomic E-state index is 10.3. The molecule has 0 rings (SSSR count). The van der Waals surface area contributed by atoms with Crippen LogP contribution in [0.15, 0.2) is 0 Å². The summed E-state index contributed by atoms with van der Waals surface area (Å²) in [7, 11) is 0. The molecule has 1 atom stereocenters. The molecule has 11 heavy (non-hydrogen) atoms. The second-order valence-electron chi connectivity index (χ2n) is 3.45. The second kappa shape index (κ2) is 4.57. The van der Waals surface area contributed by atoms with Crippen molar-refractivity contribution in [3.63, 3.8) is 0 Å². The van der Waals surface area contributed by atoms with Crippen LogP contribution >= 0.6 is 12.4 Å². The normalized spacial score (nSPS) is 13.5. The first-order valence-corrected chi connectivity index (χ1v) is 3.33. The first kappa shape index (κ1) is 13.3. The predicted molar refractivity (Wildman–Crippen MR) is 47.2 cm³/mol. The largest absolute Gasteiger partial charge is 0.480 e. The zero-order valence-electron chi connectivity index (χ0n) is 7.34. The predicted octanol–water partition coefficient (Wildman–Crippen LogP) is 1.27. The van der Waals surface area contributed by atoms with Crippen LogP contribution in [-0.2, 0) is 4.79 Å². The van der Waals surface area contributed by atoms with Gasteiger partial charge in [0, 0.05) is 5.54 Å². The molecule has 0 aliphatic carbocycles. The van der Waals surface area contributed by atoms with Crippen LogP contribution in [0.5, 0.6) is 0 Å². The summed E-state index contributed by atoms with van der Waals surface area (Å²) < 4.78 is 0. The summed E-state index contributed by atoms with van der Waals surface area (Å²) in [6, 6.07) is -0.472. The SMILES string of the molecule is CC(NC(C)(C)C)C(=O)O.Cl. The Morgan fingerprint density at radius 1 is 1.45 bits per heavy atom. The van der Waals surface area contributed by atoms with E-state index in [9.17, 15) is 4.79 Å². The molecule has 0 aliphatic rings. The van der Waals surface area contributed by atoms with Gasteiger partial charge < -0.3 is 5.11 Å². The maximum atomic E-state index is 10.3. The van der Waals surface area contributed by atoms with Gasteiger partial charge in [0.15, 0.2) is 0 Å². The van der Waals surface area contributed by atoms with Crippen LogP contribution in [0, 0.1) is 0 Å². The van der Waals surface area contributed by atoms with Gasteiger partial charge in [-0.3, -0.25) is 10.1 Å². The van der Waals surface area contributed by atoms with E-state index in [0.717, 1.165) is 0 Å². The molecule has 0 saturated carbocycles. The fraction of sp³-hybridized carbons (Fsp3) is 0.857. The molecule has 68 valence electrons. The fourth-order valence-electron chi connectivity index (χ4n) is 0.711. The molecule has 0 aliphatic heterocycles. The minimum atomic E-state index is -0.810. The molecule has 0 fully saturated rings. The van der Waals surface area contributed by atoms with Crippen molar-refractivity contribution >= 4 is 18.4 Å². The zero-order chi connectivity index (χ0) is 8.36. The van der Waals surface area contributed by atoms with Crippen LogP contribution in [0.3, 0.4) is 0 Å². The molecule has 0 saturated heterocycles. The van der Waals surface area contributed by atoms with Gasteiger partial charge in [-0.05, 0) is 27.7 Å². The molecule has 0 aromatic heterocycles. The number of halogens is 1. The van der Waals surface area contributed by atoms with Crippen LogP contribution in [0.4, 0.5) is 0 Å². The van der Waals surface area contributed by atoms with Crippen LogP contribution in [0.25, 0.3) is 0 Å². The summed E-state index contributed by atoms with van der Waals surface area (Å²) in [5.41, 5.74) is -0.127. The van der Waals surface area contributed by atoms with E-state index >= 15 is 0 Å². The van der Waals surface area contributed by atoms with Gasteiger partial charge in [-0.25, -0.2) is 0 Å². The Balaban J connectivity index is 0. The molecule has 0 bridgehead atoms. The molecule has 0 heterocycles. The molecule has 1 unspecified atom stereocenters. The molecule has 4 heteroatoms. The van der Waals surface area contributed by atoms with Crippen molar-refractivity contribution < 1.29 is 9.90 Å². The third-order valence-electron chi connectivity index (χ3n) is 1.02. The molecule has 0 amide bonds. The van der Waals surface area contributed by atoms with Crippen LogP contribution in [0.2, 0.25) is 0 Å². The Bertz CT molecular complexity index is 131. The van der Waals surface area contributed by atoms with E-state index in [-0.39, 0.29) is 17.9 Å². The Kier molecular flexibility index (Phi) is 5.53. The van der Waals surface area contributed by atoms with E-state index < -0.39 is 12.0 Å². The van der Waals surface area contributed by atoms with E-state index in [1.807, 2.05) is 20.8 Å². The molecular formula is C7H16ClNO2. The number of hydrogen-bond acceptors (Lipinski definition) is 2. The Morgan fingerprint density at radius 2 is 1.82 bits per heavy atom. The number of rotatable bonds is 2. The van der Waals surface area contributed by atoms with E-state index in [0.29, 0.717) is 0 Å². The third-order valence-corrected chi connectivity index (χ3v) is 1.02. The fourth-order valence-corrected chi connectivity index (χ4v) is 0.711. The highest BCUT2D eigenvalue weighted by Crippen LogP contribution is 2.00. The lowest BCUT2D eigenvalue weighted by molar-refractivity contribution is -0.139. The van der Waals surface area contributed by atoms with Gasteiger partial charge in [-0.2, -0.15) is 0 Å². The lowest BCUT2D eigenvalue weighted by atomic mass is 10.1. The van der Waals surface area contributed by atoms with Crippen molar-refractivity contribution in [1.29, 1.82) is 0 Å². The Labute approximate surface area is 73.6 Å². The Morgan fingerprint density at radius 3 is 1.91 bits per heavy atom. The van der Waals surface area contributed by atoms with Crippen LogP contribution < -0.4 is 5.32 Å².